The fourth-order valence-electron chi connectivity index (χ4n) is 24.9. The van der Waals surface area contributed by atoms with Crippen LogP contribution in [0.3, 0.4) is 0 Å². The molecule has 0 radical (unpaired) electrons. The predicted molar refractivity (Wildman–Crippen MR) is 580 cm³/mol. The lowest BCUT2D eigenvalue weighted by molar-refractivity contribution is 1.18. The van der Waals surface area contributed by atoms with Gasteiger partial charge >= 0.3 is 13.7 Å². The molecule has 0 atom stereocenters. The number of fused-ring (bicyclic) bond motifs is 26. The topological polar surface area (TPSA) is 42.5 Å². The van der Waals surface area contributed by atoms with E-state index in [1.54, 1.807) is 0 Å². The summed E-state index contributed by atoms with van der Waals surface area (Å²) in [6.45, 7) is -0.870. The van der Waals surface area contributed by atoms with Crippen LogP contribution in [0, 0.1) is 0 Å². The zero-order valence-electron chi connectivity index (χ0n) is 74.7. The zero-order chi connectivity index (χ0) is 89.8. The van der Waals surface area contributed by atoms with Crippen molar-refractivity contribution in [1.29, 1.82) is 0 Å². The molecule has 4 aliphatic rings. The van der Waals surface area contributed by atoms with E-state index in [1.807, 2.05) is 0 Å². The van der Waals surface area contributed by atoms with E-state index in [0.29, 0.717) is 0 Å². The molecule has 27 aromatic rings. The number of para-hydroxylation sites is 14. The highest BCUT2D eigenvalue weighted by atomic mass is 15.2. The molecule has 0 spiro atoms. The summed E-state index contributed by atoms with van der Waals surface area (Å²) in [5.41, 5.74) is 40.4. The molecule has 0 N–H and O–H groups in total. The average Bonchev–Trinajstić information content (AvgIpc) is 1.39. The van der Waals surface area contributed by atoms with E-state index in [4.69, 9.17) is 0 Å². The van der Waals surface area contributed by atoms with E-state index in [0.717, 1.165) is 168 Å². The Morgan fingerprint density at radius 1 is 0.159 bits per heavy atom. The minimum atomic E-state index is -0.435. The Balaban J connectivity index is 0.757. The maximum absolute atomic E-state index is 2.80. The molecule has 12 heteroatoms. The van der Waals surface area contributed by atoms with Gasteiger partial charge in [-0.05, 0) is 245 Å². The van der Waals surface area contributed by atoms with E-state index < -0.39 is 13.7 Å². The van der Waals surface area contributed by atoms with Crippen molar-refractivity contribution in [2.75, 3.05) is 19.6 Å². The first-order chi connectivity index (χ1) is 68.5. The van der Waals surface area contributed by atoms with Crippen molar-refractivity contribution in [2.45, 2.75) is 0 Å². The fraction of sp³-hybridized carbons (Fsp3) is 0. The van der Waals surface area contributed by atoms with Gasteiger partial charge in [-0.15, -0.1) is 0 Å². The van der Waals surface area contributed by atoms with Crippen LogP contribution in [0.4, 0.5) is 68.2 Å². The Labute approximate surface area is 794 Å². The second kappa shape index (κ2) is 28.6. The van der Waals surface area contributed by atoms with Crippen LogP contribution >= 0.6 is 0 Å². The summed E-state index contributed by atoms with van der Waals surface area (Å²) in [6.07, 6.45) is 0. The number of anilines is 12. The first kappa shape index (κ1) is 75.3. The van der Waals surface area contributed by atoms with E-state index in [9.17, 15) is 0 Å². The number of rotatable bonds is 12. The maximum Gasteiger partial charge on any atom is 0.333 e. The molecule has 6 aromatic heterocycles. The number of hydrogen-bond donors (Lipinski definition) is 0. The molecule has 10 nitrogen and oxygen atoms in total. The molecule has 21 aromatic carbocycles. The quantitative estimate of drug-likeness (QED) is 0.114. The van der Waals surface area contributed by atoms with Crippen LogP contribution < -0.4 is 41.5 Å². The molecule has 0 aliphatic carbocycles. The van der Waals surface area contributed by atoms with Crippen molar-refractivity contribution in [3.63, 3.8) is 0 Å². The van der Waals surface area contributed by atoms with Crippen molar-refractivity contribution in [3.05, 3.63) is 473 Å². The van der Waals surface area contributed by atoms with Crippen molar-refractivity contribution in [1.82, 2.24) is 27.2 Å². The molecule has 0 amide bonds. The van der Waals surface area contributed by atoms with Gasteiger partial charge in [-0.1, -0.05) is 261 Å². The van der Waals surface area contributed by atoms with Crippen molar-refractivity contribution in [2.24, 2.45) is 0 Å². The standard InChI is InChI=1S/C126H78B2N10/c1-7-35-79(36-8-1)129(80-37-9-2-10-38-80)89-69-101-105-73-87(135-113-59-31-23-51-95(113)96-52-24-32-60-114(96)135)71-103-99-67-85(133-109-55-27-19-47-91(109)92-48-20-28-56-110(92)133)63-65-117(99)137(125(103)105)127-107-77-108-120(78-119(107)131(121(75-89)123(101)127)83-43-15-5-16-44-83)132(84-45-17-6-18-46-84)122-76-90(130(81-39-11-3-12-40-81)82-41-13-4-14-42-82)70-102-106-74-88(136-115-61-33-25-53-97(115)98-54-26-34-62-116(98)136)72-104-100-68-86(64-66-118(100)138(126(104)106)128(108)124(102)122)134-111-57-29-21-49-93(111)94-50-22-30-58-112(94)134/h1-78H. The average molecular weight is 1750 g/mol. The lowest BCUT2D eigenvalue weighted by Crippen LogP contribution is -2.61. The highest BCUT2D eigenvalue weighted by molar-refractivity contribution is 6.93. The van der Waals surface area contributed by atoms with Crippen molar-refractivity contribution in [3.8, 4) is 45.0 Å². The zero-order valence-corrected chi connectivity index (χ0v) is 74.7. The molecule has 0 saturated heterocycles. The lowest BCUT2D eigenvalue weighted by Gasteiger charge is -2.45. The molecule has 638 valence electrons. The first-order valence-electron chi connectivity index (χ1n) is 47.8. The van der Waals surface area contributed by atoms with Gasteiger partial charge in [-0.25, -0.2) is 0 Å². The molecule has 138 heavy (non-hydrogen) atoms. The van der Waals surface area contributed by atoms with Crippen LogP contribution in [0.1, 0.15) is 0 Å². The Morgan fingerprint density at radius 2 is 0.420 bits per heavy atom. The monoisotopic (exact) mass is 1750 g/mol. The third-order valence-electron chi connectivity index (χ3n) is 30.3. The summed E-state index contributed by atoms with van der Waals surface area (Å²) < 4.78 is 15.7. The Morgan fingerprint density at radius 3 is 0.717 bits per heavy atom. The number of nitrogens with zero attached hydrogens (tertiary/aromatic N) is 10. The lowest BCUT2D eigenvalue weighted by atomic mass is 9.41. The van der Waals surface area contributed by atoms with Gasteiger partial charge in [0.2, 0.25) is 0 Å². The van der Waals surface area contributed by atoms with E-state index in [2.05, 4.69) is 520 Å². The summed E-state index contributed by atoms with van der Waals surface area (Å²) in [6, 6.07) is 179. The van der Waals surface area contributed by atoms with Crippen LogP contribution in [0.5, 0.6) is 0 Å². The van der Waals surface area contributed by atoms with Crippen LogP contribution in [0.15, 0.2) is 473 Å². The molecule has 0 unspecified atom stereocenters. The third kappa shape index (κ3) is 10.5. The normalized spacial score (nSPS) is 12.9. The van der Waals surface area contributed by atoms with Crippen LogP contribution in [-0.4, -0.2) is 40.9 Å². The highest BCUT2D eigenvalue weighted by Crippen LogP contribution is 2.56. The number of hydrogen-bond acceptors (Lipinski definition) is 4. The molecule has 0 saturated carbocycles. The van der Waals surface area contributed by atoms with Gasteiger partial charge in [0.05, 0.1) is 44.1 Å². The number of benzene rings is 21. The Bertz CT molecular complexity index is 9050. The largest absolute Gasteiger partial charge is 0.375 e. The Kier molecular flexibility index (Phi) is 15.6. The molecule has 0 fully saturated rings. The van der Waals surface area contributed by atoms with Gasteiger partial charge in [0.15, 0.2) is 0 Å². The molecule has 0 bridgehead atoms. The van der Waals surface area contributed by atoms with Crippen molar-refractivity contribution >= 4 is 235 Å². The maximum atomic E-state index is 2.80. The predicted octanol–water partition coefficient (Wildman–Crippen LogP) is 30.1. The van der Waals surface area contributed by atoms with Gasteiger partial charge in [0.1, 0.15) is 0 Å². The van der Waals surface area contributed by atoms with Gasteiger partial charge in [-0.2, -0.15) is 0 Å². The van der Waals surface area contributed by atoms with E-state index in [-0.39, 0.29) is 0 Å². The van der Waals surface area contributed by atoms with Gasteiger partial charge < -0.3 is 46.8 Å². The Hall–Kier alpha value is -18.3. The summed E-state index contributed by atoms with van der Waals surface area (Å²) in [4.78, 5) is 10.2. The van der Waals surface area contributed by atoms with Crippen LogP contribution in [0.25, 0.3) is 176 Å². The van der Waals surface area contributed by atoms with Gasteiger partial charge in [0, 0.05) is 189 Å². The molecule has 10 heterocycles. The molecule has 31 rings (SSSR count). The molecular weight excluding hydrogens is 1680 g/mol. The fourth-order valence-corrected chi connectivity index (χ4v) is 24.9. The second-order valence-corrected chi connectivity index (χ2v) is 37.4. The third-order valence-corrected chi connectivity index (χ3v) is 30.3. The SMILES string of the molecule is c1ccc(N(c2ccccc2)c2cc3c4c(c2)N(c2ccccc2)c2cc5c(cc2B4n2c4ccc(-n6c7ccccc7c7ccccc76)cc4c4cc(-n6c7ccccc7c7ccccc76)cc-3c42)B2c3c(cc(N(c4ccccc4)c4ccccc4)cc3N5c3ccccc3)-c3cc(-n4c5ccccc5c5ccccc54)cc4c5cc(-n6c7ccccc7c7ccccc76)ccc5n2c34)cc1. The number of aromatic nitrogens is 6. The smallest absolute Gasteiger partial charge is 0.333 e. The highest BCUT2D eigenvalue weighted by Gasteiger charge is 2.50. The van der Waals surface area contributed by atoms with Gasteiger partial charge in [0.25, 0.3) is 0 Å². The first-order valence-corrected chi connectivity index (χ1v) is 47.8. The summed E-state index contributed by atoms with van der Waals surface area (Å²) >= 11 is 0. The summed E-state index contributed by atoms with van der Waals surface area (Å²) in [5, 5.41) is 14.4. The van der Waals surface area contributed by atoms with Crippen LogP contribution in [0.2, 0.25) is 0 Å². The van der Waals surface area contributed by atoms with E-state index in [1.165, 1.54) is 97.5 Å². The molecular formula is C126H78B2N10. The minimum absolute atomic E-state index is 0.435. The molecule has 4 aliphatic heterocycles. The van der Waals surface area contributed by atoms with Crippen molar-refractivity contribution < 1.29 is 0 Å². The van der Waals surface area contributed by atoms with Gasteiger partial charge in [-0.3, -0.25) is 0 Å². The second-order valence-electron chi connectivity index (χ2n) is 37.4. The summed E-state index contributed by atoms with van der Waals surface area (Å²) in [5.74, 6) is 0. The van der Waals surface area contributed by atoms with E-state index >= 15 is 0 Å². The van der Waals surface area contributed by atoms with Crippen LogP contribution in [-0.2, 0) is 0 Å². The minimum Gasteiger partial charge on any atom is -0.375 e. The summed E-state index contributed by atoms with van der Waals surface area (Å²) in [7, 11) is 0.